The number of anilines is 2. The zero-order valence-electron chi connectivity index (χ0n) is 14.5. The third-order valence-corrected chi connectivity index (χ3v) is 3.38. The largest absolute Gasteiger partial charge is 0.497 e. The average Bonchev–Trinajstić information content (AvgIpc) is 2.62. The van der Waals surface area contributed by atoms with Gasteiger partial charge in [0.25, 0.3) is 0 Å². The Bertz CT molecular complexity index is 645. The summed E-state index contributed by atoms with van der Waals surface area (Å²) < 4.78 is 10.1. The first kappa shape index (κ1) is 21.0. The molecule has 0 radical (unpaired) electrons. The third kappa shape index (κ3) is 7.61. The number of nitrogens with zero attached hydrogens (tertiary/aromatic N) is 1. The second-order valence-corrected chi connectivity index (χ2v) is 5.17. The third-order valence-electron chi connectivity index (χ3n) is 3.38. The van der Waals surface area contributed by atoms with Gasteiger partial charge in [0.15, 0.2) is 5.96 Å². The van der Waals surface area contributed by atoms with Crippen molar-refractivity contribution >= 4 is 41.3 Å². The van der Waals surface area contributed by atoms with E-state index in [0.29, 0.717) is 19.1 Å². The van der Waals surface area contributed by atoms with Crippen molar-refractivity contribution in [2.24, 2.45) is 10.7 Å². The van der Waals surface area contributed by atoms with Gasteiger partial charge >= 0.3 is 0 Å². The van der Waals surface area contributed by atoms with Gasteiger partial charge in [0, 0.05) is 25.0 Å². The Kier molecular flexibility index (Phi) is 9.71. The molecule has 0 heterocycles. The zero-order valence-corrected chi connectivity index (χ0v) is 16.8. The van der Waals surface area contributed by atoms with Crippen LogP contribution in [0.3, 0.4) is 0 Å². The first-order valence-electron chi connectivity index (χ1n) is 7.74. The summed E-state index contributed by atoms with van der Waals surface area (Å²) in [7, 11) is 3.32. The molecule has 0 aliphatic rings. The van der Waals surface area contributed by atoms with E-state index in [1.54, 1.807) is 14.2 Å². The van der Waals surface area contributed by atoms with Gasteiger partial charge in [-0.3, -0.25) is 0 Å². The minimum absolute atomic E-state index is 0. The van der Waals surface area contributed by atoms with Crippen LogP contribution < -0.4 is 21.1 Å². The van der Waals surface area contributed by atoms with Crippen molar-refractivity contribution in [3.8, 4) is 5.75 Å². The van der Waals surface area contributed by atoms with Gasteiger partial charge in [-0.1, -0.05) is 12.1 Å². The molecule has 2 aromatic rings. The maximum Gasteiger partial charge on any atom is 0.193 e. The highest BCUT2D eigenvalue weighted by atomic mass is 127. The Balaban J connectivity index is 0.00000312. The van der Waals surface area contributed by atoms with E-state index in [9.17, 15) is 0 Å². The normalized spacial score (nSPS) is 10.7. The fourth-order valence-corrected chi connectivity index (χ4v) is 2.06. The molecule has 0 amide bonds. The summed E-state index contributed by atoms with van der Waals surface area (Å²) in [5.41, 5.74) is 8.94. The summed E-state index contributed by atoms with van der Waals surface area (Å²) in [5.74, 6) is 1.18. The first-order valence-corrected chi connectivity index (χ1v) is 7.74. The van der Waals surface area contributed by atoms with Crippen LogP contribution in [0, 0.1) is 0 Å². The summed E-state index contributed by atoms with van der Waals surface area (Å²) in [4.78, 5) is 4.35. The lowest BCUT2D eigenvalue weighted by Crippen LogP contribution is -2.22. The van der Waals surface area contributed by atoms with Gasteiger partial charge in [-0.05, 0) is 42.0 Å². The Hall–Kier alpha value is -2.00. The van der Waals surface area contributed by atoms with Crippen molar-refractivity contribution in [3.05, 3.63) is 54.1 Å². The summed E-state index contributed by atoms with van der Waals surface area (Å²) in [6, 6.07) is 15.6. The number of rotatable bonds is 8. The molecule has 0 aliphatic heterocycles. The van der Waals surface area contributed by atoms with Crippen molar-refractivity contribution in [2.75, 3.05) is 38.0 Å². The molecule has 0 saturated heterocycles. The van der Waals surface area contributed by atoms with Crippen LogP contribution in [0.2, 0.25) is 0 Å². The van der Waals surface area contributed by atoms with Crippen LogP contribution in [0.1, 0.15) is 5.56 Å². The SMILES string of the molecule is COCCNc1ccc(CN=C(N)Nc2ccc(OC)cc2)cc1.I. The number of methoxy groups -OCH3 is 2. The van der Waals surface area contributed by atoms with Crippen LogP contribution in [0.4, 0.5) is 11.4 Å². The number of nitrogens with two attached hydrogens (primary N) is 1. The Labute approximate surface area is 165 Å². The highest BCUT2D eigenvalue weighted by Gasteiger charge is 1.98. The van der Waals surface area contributed by atoms with E-state index < -0.39 is 0 Å². The lowest BCUT2D eigenvalue weighted by molar-refractivity contribution is 0.211. The van der Waals surface area contributed by atoms with Crippen molar-refractivity contribution in [1.82, 2.24) is 0 Å². The fraction of sp³-hybridized carbons (Fsp3) is 0.278. The molecule has 0 saturated carbocycles. The lowest BCUT2D eigenvalue weighted by Gasteiger charge is -2.08. The van der Waals surface area contributed by atoms with Crippen LogP contribution in [0.5, 0.6) is 5.75 Å². The number of nitrogens with one attached hydrogen (secondary N) is 2. The fourth-order valence-electron chi connectivity index (χ4n) is 2.06. The monoisotopic (exact) mass is 456 g/mol. The van der Waals surface area contributed by atoms with E-state index in [2.05, 4.69) is 15.6 Å². The molecule has 6 nitrogen and oxygen atoms in total. The maximum atomic E-state index is 5.92. The number of aliphatic imine (C=N–C) groups is 1. The Morgan fingerprint density at radius 3 is 2.24 bits per heavy atom. The summed E-state index contributed by atoms with van der Waals surface area (Å²) in [6.07, 6.45) is 0. The van der Waals surface area contributed by atoms with Gasteiger partial charge in [-0.15, -0.1) is 24.0 Å². The van der Waals surface area contributed by atoms with E-state index >= 15 is 0 Å². The van der Waals surface area contributed by atoms with Crippen LogP contribution >= 0.6 is 24.0 Å². The molecule has 0 fully saturated rings. The highest BCUT2D eigenvalue weighted by Crippen LogP contribution is 2.15. The molecule has 0 aromatic heterocycles. The molecule has 0 spiro atoms. The maximum absolute atomic E-state index is 5.92. The van der Waals surface area contributed by atoms with Crippen LogP contribution in [0.25, 0.3) is 0 Å². The number of hydrogen-bond donors (Lipinski definition) is 3. The van der Waals surface area contributed by atoms with Gasteiger partial charge in [0.2, 0.25) is 0 Å². The second-order valence-electron chi connectivity index (χ2n) is 5.17. The molecular formula is C18H25IN4O2. The molecule has 2 aromatic carbocycles. The molecule has 7 heteroatoms. The summed E-state index contributed by atoms with van der Waals surface area (Å²) in [6.45, 7) is 1.99. The predicted molar refractivity (Wildman–Crippen MR) is 114 cm³/mol. The molecule has 0 unspecified atom stereocenters. The smallest absolute Gasteiger partial charge is 0.193 e. The van der Waals surface area contributed by atoms with E-state index in [1.807, 2.05) is 48.5 Å². The van der Waals surface area contributed by atoms with Crippen LogP contribution in [-0.4, -0.2) is 33.3 Å². The molecular weight excluding hydrogens is 431 g/mol. The van der Waals surface area contributed by atoms with Crippen LogP contribution in [-0.2, 0) is 11.3 Å². The van der Waals surface area contributed by atoms with Gasteiger partial charge in [0.05, 0.1) is 20.3 Å². The van der Waals surface area contributed by atoms with Gasteiger partial charge in [0.1, 0.15) is 5.75 Å². The number of guanidine groups is 1. The Morgan fingerprint density at radius 2 is 1.64 bits per heavy atom. The number of benzene rings is 2. The van der Waals surface area contributed by atoms with Gasteiger partial charge in [-0.2, -0.15) is 0 Å². The standard InChI is InChI=1S/C18H24N4O2.HI/c1-23-12-11-20-15-5-3-14(4-6-15)13-21-18(19)22-16-7-9-17(24-2)10-8-16;/h3-10,20H,11-13H2,1-2H3,(H3,19,21,22);1H. The summed E-state index contributed by atoms with van der Waals surface area (Å²) in [5, 5.41) is 6.33. The van der Waals surface area contributed by atoms with Gasteiger partial charge in [-0.25, -0.2) is 4.99 Å². The molecule has 0 bridgehead atoms. The summed E-state index contributed by atoms with van der Waals surface area (Å²) >= 11 is 0. The molecule has 0 atom stereocenters. The van der Waals surface area contributed by atoms with Gasteiger partial charge < -0.3 is 25.8 Å². The minimum atomic E-state index is 0. The van der Waals surface area contributed by atoms with Crippen molar-refractivity contribution in [1.29, 1.82) is 0 Å². The first-order chi connectivity index (χ1) is 11.7. The van der Waals surface area contributed by atoms with E-state index in [4.69, 9.17) is 15.2 Å². The lowest BCUT2D eigenvalue weighted by atomic mass is 10.2. The highest BCUT2D eigenvalue weighted by molar-refractivity contribution is 14.0. The number of ether oxygens (including phenoxy) is 2. The number of halogens is 1. The van der Waals surface area contributed by atoms with Crippen molar-refractivity contribution < 1.29 is 9.47 Å². The van der Waals surface area contributed by atoms with E-state index in [-0.39, 0.29) is 24.0 Å². The topological polar surface area (TPSA) is 80.9 Å². The molecule has 2 rings (SSSR count). The zero-order chi connectivity index (χ0) is 17.2. The second kappa shape index (κ2) is 11.5. The predicted octanol–water partition coefficient (Wildman–Crippen LogP) is 3.30. The van der Waals surface area contributed by atoms with E-state index in [1.165, 1.54) is 0 Å². The van der Waals surface area contributed by atoms with Crippen molar-refractivity contribution in [2.45, 2.75) is 6.54 Å². The molecule has 25 heavy (non-hydrogen) atoms. The van der Waals surface area contributed by atoms with Crippen LogP contribution in [0.15, 0.2) is 53.5 Å². The minimum Gasteiger partial charge on any atom is -0.497 e. The molecule has 136 valence electrons. The average molecular weight is 456 g/mol. The van der Waals surface area contributed by atoms with Crippen molar-refractivity contribution in [3.63, 3.8) is 0 Å². The molecule has 0 aliphatic carbocycles. The quantitative estimate of drug-likeness (QED) is 0.246. The molecule has 4 N–H and O–H groups in total. The number of hydrogen-bond acceptors (Lipinski definition) is 4. The Morgan fingerprint density at radius 1 is 1.00 bits per heavy atom. The van der Waals surface area contributed by atoms with E-state index in [0.717, 1.165) is 29.2 Å².